The molecule has 190 valence electrons. The van der Waals surface area contributed by atoms with Gasteiger partial charge in [-0.2, -0.15) is 8.42 Å². The molecule has 2 aromatic carbocycles. The molecule has 15 heteroatoms. The second-order valence-electron chi connectivity index (χ2n) is 7.76. The fraction of sp³-hybridized carbons (Fsp3) is 0.0909. The maximum absolute atomic E-state index is 13.3. The zero-order valence-electron chi connectivity index (χ0n) is 18.8. The second kappa shape index (κ2) is 10.1. The Morgan fingerprint density at radius 2 is 2.03 bits per heavy atom. The SMILES string of the molecule is CC1=NS(=O)(=O)c2cc3c(=O)n(-c4ccc(NC(=O)NSC5=CCC=C(Cl)S5)cc4Cl)cnc3cc2N1. The van der Waals surface area contributed by atoms with Crippen LogP contribution in [0.5, 0.6) is 0 Å². The first kappa shape index (κ1) is 25.7. The Hall–Kier alpha value is -2.97. The molecular formula is C22H16Cl2N6O4S3. The van der Waals surface area contributed by atoms with Gasteiger partial charge in [0.1, 0.15) is 17.1 Å². The zero-order valence-corrected chi connectivity index (χ0v) is 22.7. The van der Waals surface area contributed by atoms with E-state index in [0.29, 0.717) is 33.4 Å². The number of amidine groups is 1. The van der Waals surface area contributed by atoms with Crippen molar-refractivity contribution in [3.63, 3.8) is 0 Å². The van der Waals surface area contributed by atoms with Crippen LogP contribution in [0.4, 0.5) is 16.2 Å². The molecule has 3 heterocycles. The highest BCUT2D eigenvalue weighted by molar-refractivity contribution is 8.24. The van der Waals surface area contributed by atoms with Gasteiger partial charge in [-0.3, -0.25) is 14.1 Å². The summed E-state index contributed by atoms with van der Waals surface area (Å²) >= 11 is 14.9. The summed E-state index contributed by atoms with van der Waals surface area (Å²) in [7, 11) is -3.96. The molecule has 0 spiro atoms. The van der Waals surface area contributed by atoms with Crippen molar-refractivity contribution < 1.29 is 13.2 Å². The molecule has 0 unspecified atom stereocenters. The number of carbonyl (C=O) groups excluding carboxylic acids is 1. The number of rotatable bonds is 4. The molecule has 37 heavy (non-hydrogen) atoms. The number of benzene rings is 2. The Morgan fingerprint density at radius 1 is 1.22 bits per heavy atom. The molecule has 0 atom stereocenters. The molecule has 0 saturated carbocycles. The highest BCUT2D eigenvalue weighted by Gasteiger charge is 2.25. The summed E-state index contributed by atoms with van der Waals surface area (Å²) in [5, 5.41) is 5.81. The number of amides is 2. The molecule has 3 aromatic rings. The lowest BCUT2D eigenvalue weighted by atomic mass is 10.2. The molecule has 0 radical (unpaired) electrons. The van der Waals surface area contributed by atoms with Crippen LogP contribution < -0.4 is 20.9 Å². The minimum absolute atomic E-state index is 0.0842. The topological polar surface area (TPSA) is 135 Å². The number of nitrogens with one attached hydrogen (secondary N) is 3. The summed E-state index contributed by atoms with van der Waals surface area (Å²) in [6.45, 7) is 1.53. The zero-order chi connectivity index (χ0) is 26.3. The molecule has 2 aliphatic rings. The average molecular weight is 596 g/mol. The van der Waals surface area contributed by atoms with Gasteiger partial charge in [-0.25, -0.2) is 9.78 Å². The number of anilines is 2. The average Bonchev–Trinajstić information content (AvgIpc) is 2.82. The molecule has 0 aliphatic carbocycles. The van der Waals surface area contributed by atoms with Gasteiger partial charge in [0.05, 0.1) is 35.9 Å². The molecule has 0 bridgehead atoms. The summed E-state index contributed by atoms with van der Waals surface area (Å²) in [6.07, 6.45) is 5.82. The van der Waals surface area contributed by atoms with Gasteiger partial charge in [-0.15, -0.1) is 4.40 Å². The van der Waals surface area contributed by atoms with Crippen LogP contribution in [0.1, 0.15) is 13.3 Å². The van der Waals surface area contributed by atoms with Crippen molar-refractivity contribution in [2.75, 3.05) is 10.6 Å². The third kappa shape index (κ3) is 5.36. The molecule has 3 N–H and O–H groups in total. The van der Waals surface area contributed by atoms with E-state index in [9.17, 15) is 18.0 Å². The van der Waals surface area contributed by atoms with Crippen LogP contribution in [0.25, 0.3) is 16.6 Å². The van der Waals surface area contributed by atoms with Crippen LogP contribution in [0.2, 0.25) is 5.02 Å². The lowest BCUT2D eigenvalue weighted by molar-refractivity contribution is 0.257. The number of fused-ring (bicyclic) bond motifs is 2. The number of hydrogen-bond acceptors (Lipinski definition) is 8. The summed E-state index contributed by atoms with van der Waals surface area (Å²) in [5.41, 5.74) is 0.795. The molecule has 0 saturated heterocycles. The first-order chi connectivity index (χ1) is 17.6. The largest absolute Gasteiger partial charge is 0.342 e. The van der Waals surface area contributed by atoms with Gasteiger partial charge in [0, 0.05) is 5.69 Å². The van der Waals surface area contributed by atoms with Gasteiger partial charge >= 0.3 is 6.03 Å². The second-order valence-corrected chi connectivity index (χ2v) is 12.6. The summed E-state index contributed by atoms with van der Waals surface area (Å²) < 4.78 is 34.0. The van der Waals surface area contributed by atoms with E-state index in [1.165, 1.54) is 47.8 Å². The van der Waals surface area contributed by atoms with E-state index >= 15 is 0 Å². The van der Waals surface area contributed by atoms with Gasteiger partial charge in [-0.1, -0.05) is 47.1 Å². The van der Waals surface area contributed by atoms with Crippen LogP contribution in [0.3, 0.4) is 0 Å². The fourth-order valence-corrected chi connectivity index (χ4v) is 7.04. The van der Waals surface area contributed by atoms with Gasteiger partial charge < -0.3 is 10.6 Å². The third-order valence-corrected chi connectivity index (χ3v) is 9.16. The number of carbonyl (C=O) groups is 1. The predicted molar refractivity (Wildman–Crippen MR) is 150 cm³/mol. The molecule has 10 nitrogen and oxygen atoms in total. The number of sulfonamides is 1. The smallest absolute Gasteiger partial charge is 0.329 e. The fourth-order valence-electron chi connectivity index (χ4n) is 3.60. The first-order valence-corrected chi connectivity index (χ1v) is 14.3. The monoisotopic (exact) mass is 594 g/mol. The van der Waals surface area contributed by atoms with E-state index in [1.54, 1.807) is 12.1 Å². The minimum Gasteiger partial charge on any atom is -0.342 e. The van der Waals surface area contributed by atoms with E-state index in [-0.39, 0.29) is 21.1 Å². The van der Waals surface area contributed by atoms with Crippen LogP contribution in [0, 0.1) is 0 Å². The normalized spacial score (nSPS) is 16.1. The number of urea groups is 1. The summed E-state index contributed by atoms with van der Waals surface area (Å²) in [4.78, 5) is 29.8. The number of hydrogen-bond donors (Lipinski definition) is 3. The quantitative estimate of drug-likeness (QED) is 0.342. The van der Waals surface area contributed by atoms with Crippen LogP contribution in [-0.4, -0.2) is 29.8 Å². The van der Waals surface area contributed by atoms with Crippen molar-refractivity contribution in [1.82, 2.24) is 14.3 Å². The number of allylic oxidation sites excluding steroid dienone is 2. The van der Waals surface area contributed by atoms with Gasteiger partial charge in [0.2, 0.25) is 0 Å². The Morgan fingerprint density at radius 3 is 2.78 bits per heavy atom. The molecule has 0 fully saturated rings. The van der Waals surface area contributed by atoms with E-state index in [1.807, 2.05) is 12.2 Å². The molecule has 5 rings (SSSR count). The number of nitrogens with zero attached hydrogens (tertiary/aromatic N) is 3. The number of aromatic nitrogens is 2. The minimum atomic E-state index is -3.96. The molecule has 1 aromatic heterocycles. The van der Waals surface area contributed by atoms with Crippen LogP contribution >= 0.6 is 46.9 Å². The van der Waals surface area contributed by atoms with Crippen molar-refractivity contribution >= 4 is 91.1 Å². The Balaban J connectivity index is 1.38. The molecule has 2 aliphatic heterocycles. The summed E-state index contributed by atoms with van der Waals surface area (Å²) in [6, 6.07) is 6.89. The maximum Gasteiger partial charge on any atom is 0.329 e. The van der Waals surface area contributed by atoms with Crippen molar-refractivity contribution in [1.29, 1.82) is 0 Å². The van der Waals surface area contributed by atoms with Crippen molar-refractivity contribution in [3.05, 3.63) is 72.8 Å². The Kier molecular flexibility index (Phi) is 6.98. The standard InChI is InChI=1S/C22H16Cl2N6O4S3/c1-11-26-16-9-15-13(8-18(16)37(33,34)29-11)21(31)30(10-25-15)17-6-5-12(7-14(17)23)27-22(32)28-36-20-4-2-3-19(24)35-20/h3-10H,2H2,1H3,(H,26,29)(H2,27,28,32). The molecule has 2 amide bonds. The van der Waals surface area contributed by atoms with Crippen LogP contribution in [-0.2, 0) is 10.0 Å². The van der Waals surface area contributed by atoms with E-state index < -0.39 is 21.6 Å². The van der Waals surface area contributed by atoms with Crippen molar-refractivity contribution in [3.8, 4) is 5.69 Å². The maximum atomic E-state index is 13.3. The lowest BCUT2D eigenvalue weighted by Gasteiger charge is -2.17. The van der Waals surface area contributed by atoms with E-state index in [2.05, 4.69) is 24.7 Å². The number of thioether (sulfide) groups is 1. The Bertz CT molecular complexity index is 1730. The van der Waals surface area contributed by atoms with Crippen molar-refractivity contribution in [2.24, 2.45) is 4.40 Å². The lowest BCUT2D eigenvalue weighted by Crippen LogP contribution is -2.23. The van der Waals surface area contributed by atoms with Gasteiger partial charge in [0.15, 0.2) is 0 Å². The van der Waals surface area contributed by atoms with E-state index in [4.69, 9.17) is 23.2 Å². The predicted octanol–water partition coefficient (Wildman–Crippen LogP) is 5.40. The number of halogens is 2. The Labute approximate surface area is 229 Å². The third-order valence-electron chi connectivity index (χ3n) is 5.18. The molecular weight excluding hydrogens is 579 g/mol. The van der Waals surface area contributed by atoms with Gasteiger partial charge in [0.25, 0.3) is 15.6 Å². The van der Waals surface area contributed by atoms with E-state index in [0.717, 1.165) is 16.2 Å². The highest BCUT2D eigenvalue weighted by Crippen LogP contribution is 2.38. The van der Waals surface area contributed by atoms with Crippen LogP contribution in [0.15, 0.2) is 71.5 Å². The first-order valence-electron chi connectivity index (χ1n) is 10.5. The van der Waals surface area contributed by atoms with Gasteiger partial charge in [-0.05, 0) is 55.6 Å². The summed E-state index contributed by atoms with van der Waals surface area (Å²) in [5.74, 6) is 0.222. The van der Waals surface area contributed by atoms with Crippen molar-refractivity contribution in [2.45, 2.75) is 18.2 Å². The highest BCUT2D eigenvalue weighted by atomic mass is 35.5.